The lowest BCUT2D eigenvalue weighted by molar-refractivity contribution is -0.162. The maximum Gasteiger partial charge on any atom is 0.355 e. The second kappa shape index (κ2) is 17.5. The first-order valence-electron chi connectivity index (χ1n) is 22.5. The van der Waals surface area contributed by atoms with Gasteiger partial charge in [-0.1, -0.05) is 49.4 Å². The van der Waals surface area contributed by atoms with Gasteiger partial charge in [0.25, 0.3) is 5.91 Å². The number of nitrogens with one attached hydrogen (secondary N) is 2. The number of para-hydroxylation sites is 1. The van der Waals surface area contributed by atoms with Gasteiger partial charge in [-0.25, -0.2) is 14.8 Å². The summed E-state index contributed by atoms with van der Waals surface area (Å²) >= 11 is 1.43. The molecule has 3 fully saturated rings. The van der Waals surface area contributed by atoms with Crippen molar-refractivity contribution < 1.29 is 39.9 Å². The van der Waals surface area contributed by atoms with Gasteiger partial charge < -0.3 is 40.5 Å². The van der Waals surface area contributed by atoms with E-state index in [4.69, 9.17) is 19.9 Å². The Balaban J connectivity index is 0.887. The van der Waals surface area contributed by atoms with Crippen LogP contribution in [0.1, 0.15) is 90.0 Å². The molecular weight excluding hydrogens is 835 g/mol. The molecule has 16 heteroatoms. The highest BCUT2D eigenvalue weighted by atomic mass is 32.1. The number of aliphatic hydroxyl groups excluding tert-OH is 4. The molecule has 2 aromatic carbocycles. The Morgan fingerprint density at radius 2 is 1.81 bits per heavy atom. The van der Waals surface area contributed by atoms with Crippen LogP contribution in [0.4, 0.5) is 10.9 Å². The molecule has 5 unspecified atom stereocenters. The van der Waals surface area contributed by atoms with Crippen LogP contribution in [0.3, 0.4) is 0 Å². The van der Waals surface area contributed by atoms with E-state index in [2.05, 4.69) is 34.1 Å². The van der Waals surface area contributed by atoms with Crippen LogP contribution in [-0.2, 0) is 24.2 Å². The minimum atomic E-state index is -1.40. The zero-order chi connectivity index (χ0) is 45.0. The van der Waals surface area contributed by atoms with Crippen LogP contribution in [0.25, 0.3) is 21.3 Å². The fourth-order valence-corrected chi connectivity index (χ4v) is 13.0. The van der Waals surface area contributed by atoms with E-state index in [1.807, 2.05) is 66.4 Å². The SMILES string of the molecule is Cc1c(-c2ccc(N3CCc4cccc(C(=O)Nc5nc6ccccc6s5)c4C3)nc2C(=O)O)cnn1CC12CC3C(C)CC(C)(C1)CC3(OCCNCC[C@@H](O)[C@H](O)[C@H](O)CO)C2. The molecule has 3 aromatic heterocycles. The first-order chi connectivity index (χ1) is 30.7. The number of carbonyl (C=O) groups excluding carboxylic acids is 1. The normalized spacial score (nSPS) is 26.2. The summed E-state index contributed by atoms with van der Waals surface area (Å²) in [5, 5.41) is 61.2. The summed E-state index contributed by atoms with van der Waals surface area (Å²) in [6.07, 6.45) is 3.92. The molecule has 9 rings (SSSR count). The van der Waals surface area contributed by atoms with Gasteiger partial charge in [-0.15, -0.1) is 0 Å². The lowest BCUT2D eigenvalue weighted by atomic mass is 9.55. The number of carbonyl (C=O) groups is 2. The minimum Gasteiger partial charge on any atom is -0.476 e. The van der Waals surface area contributed by atoms with Crippen molar-refractivity contribution in [3.63, 3.8) is 0 Å². The van der Waals surface area contributed by atoms with Crippen molar-refractivity contribution in [3.05, 3.63) is 88.9 Å². The van der Waals surface area contributed by atoms with Crippen molar-refractivity contribution in [2.75, 3.05) is 43.1 Å². The molecular formula is C48H59N7O8S. The van der Waals surface area contributed by atoms with E-state index in [-0.39, 0.29) is 34.5 Å². The maximum atomic E-state index is 13.7. The average Bonchev–Trinajstić information content (AvgIpc) is 3.91. The zero-order valence-electron chi connectivity index (χ0n) is 36.7. The van der Waals surface area contributed by atoms with Gasteiger partial charge in [0, 0.05) is 48.6 Å². The molecule has 7 N–H and O–H groups in total. The first-order valence-corrected chi connectivity index (χ1v) is 23.3. The summed E-state index contributed by atoms with van der Waals surface area (Å²) in [6, 6.07) is 17.2. The maximum absolute atomic E-state index is 13.7. The number of aliphatic hydroxyl groups is 4. The zero-order valence-corrected chi connectivity index (χ0v) is 37.5. The molecule has 0 spiro atoms. The number of fused-ring (bicyclic) bond motifs is 4. The second-order valence-electron chi connectivity index (χ2n) is 19.3. The van der Waals surface area contributed by atoms with E-state index in [9.17, 15) is 30.0 Å². The number of hydrogen-bond acceptors (Lipinski definition) is 13. The summed E-state index contributed by atoms with van der Waals surface area (Å²) in [4.78, 5) is 38.0. The Morgan fingerprint density at radius 3 is 2.61 bits per heavy atom. The number of pyridine rings is 1. The number of aromatic nitrogens is 4. The van der Waals surface area contributed by atoms with Gasteiger partial charge in [0.15, 0.2) is 10.8 Å². The number of aromatic carboxylic acids is 1. The lowest BCUT2D eigenvalue weighted by Gasteiger charge is -2.55. The largest absolute Gasteiger partial charge is 0.476 e. The molecule has 3 bridgehead atoms. The number of amides is 1. The Morgan fingerprint density at radius 1 is 0.984 bits per heavy atom. The summed E-state index contributed by atoms with van der Waals surface area (Å²) in [5.41, 5.74) is 5.25. The number of rotatable bonds is 17. The Kier molecular flexibility index (Phi) is 12.2. The molecule has 64 heavy (non-hydrogen) atoms. The molecule has 5 aromatic rings. The fraction of sp³-hybridized carbons (Fsp3) is 0.521. The van der Waals surface area contributed by atoms with Crippen molar-refractivity contribution in [1.29, 1.82) is 0 Å². The monoisotopic (exact) mass is 893 g/mol. The van der Waals surface area contributed by atoms with Crippen molar-refractivity contribution in [3.8, 4) is 11.1 Å². The number of carboxylic acids is 1. The summed E-state index contributed by atoms with van der Waals surface area (Å²) in [7, 11) is 0. The summed E-state index contributed by atoms with van der Waals surface area (Å²) < 4.78 is 9.96. The van der Waals surface area contributed by atoms with Crippen LogP contribution in [0.2, 0.25) is 0 Å². The van der Waals surface area contributed by atoms with Gasteiger partial charge in [-0.2, -0.15) is 5.10 Å². The molecule has 15 nitrogen and oxygen atoms in total. The van der Waals surface area contributed by atoms with E-state index >= 15 is 0 Å². The van der Waals surface area contributed by atoms with Crippen molar-refractivity contribution in [2.24, 2.45) is 22.7 Å². The Bertz CT molecular complexity index is 2510. The molecule has 0 radical (unpaired) electrons. The number of ether oxygens (including phenoxy) is 1. The smallest absolute Gasteiger partial charge is 0.355 e. The fourth-order valence-electron chi connectivity index (χ4n) is 12.2. The van der Waals surface area contributed by atoms with Crippen LogP contribution >= 0.6 is 11.3 Å². The van der Waals surface area contributed by atoms with Gasteiger partial charge in [0.1, 0.15) is 18.0 Å². The van der Waals surface area contributed by atoms with E-state index in [0.717, 1.165) is 64.7 Å². The highest BCUT2D eigenvalue weighted by Crippen LogP contribution is 2.70. The van der Waals surface area contributed by atoms with Crippen LogP contribution < -0.4 is 15.5 Å². The average molecular weight is 894 g/mol. The minimum absolute atomic E-state index is 0.0376. The van der Waals surface area contributed by atoms with E-state index in [0.29, 0.717) is 79.7 Å². The number of benzene rings is 2. The highest BCUT2D eigenvalue weighted by Gasteiger charge is 2.67. The summed E-state index contributed by atoms with van der Waals surface area (Å²) in [5.74, 6) is 0.0750. The topological polar surface area (TPSA) is 215 Å². The molecule has 3 aliphatic carbocycles. The third-order valence-corrected chi connectivity index (χ3v) is 15.6. The van der Waals surface area contributed by atoms with Gasteiger partial charge in [-0.05, 0) is 123 Å². The van der Waals surface area contributed by atoms with Crippen LogP contribution in [0, 0.1) is 29.6 Å². The van der Waals surface area contributed by atoms with Crippen molar-refractivity contribution in [2.45, 2.75) is 103 Å². The van der Waals surface area contributed by atoms with Crippen LogP contribution in [0.15, 0.2) is 60.8 Å². The molecule has 340 valence electrons. The van der Waals surface area contributed by atoms with Crippen molar-refractivity contribution in [1.82, 2.24) is 25.1 Å². The third kappa shape index (κ3) is 8.45. The molecule has 8 atom stereocenters. The van der Waals surface area contributed by atoms with Crippen LogP contribution in [0.5, 0.6) is 0 Å². The second-order valence-corrected chi connectivity index (χ2v) is 20.4. The van der Waals surface area contributed by atoms with Gasteiger partial charge in [0.05, 0.1) is 41.3 Å². The van der Waals surface area contributed by atoms with E-state index in [1.54, 1.807) is 6.20 Å². The number of hydrogen-bond donors (Lipinski definition) is 7. The van der Waals surface area contributed by atoms with Crippen LogP contribution in [-0.4, -0.2) is 114 Å². The third-order valence-electron chi connectivity index (χ3n) is 14.6. The summed E-state index contributed by atoms with van der Waals surface area (Å²) in [6.45, 7) is 9.38. The van der Waals surface area contributed by atoms with Gasteiger partial charge in [-0.3, -0.25) is 14.8 Å². The Hall–Kier alpha value is -4.81. The number of anilines is 2. The Labute approximate surface area is 376 Å². The number of thiazole rings is 1. The molecule has 4 heterocycles. The standard InChI is InChI=1S/C48H59N7O8S/c1-28-19-46(3)24-47(20-35(28)48(25-46,26-47)63-18-16-49-15-13-37(57)42(59)38(58)23-56)27-55-29(2)33(21-50-55)31-11-12-40(52-41(31)44(61)62)54-17-14-30-7-6-8-32(34(30)22-54)43(60)53-45-51-36-9-4-5-10-39(36)64-45/h4-12,21,28,35,37-38,42,49,56-59H,13-20,22-27H2,1-3H3,(H,61,62)(H,51,53,60)/t28?,35?,37-,38-,42+,46?,47?,48?/m1/s1. The predicted molar refractivity (Wildman–Crippen MR) is 243 cm³/mol. The molecule has 1 amide bonds. The van der Waals surface area contributed by atoms with E-state index in [1.165, 1.54) is 11.3 Å². The molecule has 0 saturated heterocycles. The van der Waals surface area contributed by atoms with Gasteiger partial charge >= 0.3 is 5.97 Å². The molecule has 4 aliphatic rings. The quantitative estimate of drug-likeness (QED) is 0.0582. The molecule has 3 saturated carbocycles. The first kappa shape index (κ1) is 44.4. The number of nitrogens with zero attached hydrogens (tertiary/aromatic N) is 5. The number of carboxylic acid groups (broad SMARTS) is 1. The predicted octanol–water partition coefficient (Wildman–Crippen LogP) is 5.42. The van der Waals surface area contributed by atoms with Gasteiger partial charge in [0.2, 0.25) is 0 Å². The lowest BCUT2D eigenvalue weighted by Crippen LogP contribution is -2.53. The highest BCUT2D eigenvalue weighted by molar-refractivity contribution is 7.22. The molecule has 1 aliphatic heterocycles. The van der Waals surface area contributed by atoms with E-state index < -0.39 is 30.9 Å². The van der Waals surface area contributed by atoms with Crippen molar-refractivity contribution >= 4 is 44.4 Å².